The molecule has 0 amide bonds. The van der Waals surface area contributed by atoms with Gasteiger partial charge in [-0.3, -0.25) is 4.90 Å². The van der Waals surface area contributed by atoms with Crippen molar-refractivity contribution in [2.24, 2.45) is 5.92 Å². The lowest BCUT2D eigenvalue weighted by Gasteiger charge is -2.38. The first-order valence-electron chi connectivity index (χ1n) is 6.99. The molecule has 0 aromatic heterocycles. The quantitative estimate of drug-likeness (QED) is 0.682. The zero-order valence-corrected chi connectivity index (χ0v) is 12.2. The van der Waals surface area contributed by atoms with Crippen molar-refractivity contribution in [3.05, 3.63) is 0 Å². The van der Waals surface area contributed by atoms with Gasteiger partial charge in [-0.15, -0.1) is 0 Å². The summed E-state index contributed by atoms with van der Waals surface area (Å²) in [5, 5.41) is 13.1. The minimum absolute atomic E-state index is 0.187. The van der Waals surface area contributed by atoms with E-state index in [-0.39, 0.29) is 12.1 Å². The summed E-state index contributed by atoms with van der Waals surface area (Å²) in [4.78, 5) is 2.50. The Bertz CT molecular complexity index is 226. The number of nitrogens with one attached hydrogen (secondary N) is 1. The van der Waals surface area contributed by atoms with E-state index >= 15 is 0 Å². The number of hydrogen-bond donors (Lipinski definition) is 2. The third kappa shape index (κ3) is 5.36. The van der Waals surface area contributed by atoms with Crippen molar-refractivity contribution < 1.29 is 5.11 Å². The van der Waals surface area contributed by atoms with Crippen molar-refractivity contribution in [2.45, 2.75) is 65.1 Å². The van der Waals surface area contributed by atoms with Crippen molar-refractivity contribution in [1.82, 2.24) is 10.2 Å². The average molecular weight is 242 g/mol. The van der Waals surface area contributed by atoms with Gasteiger partial charge < -0.3 is 10.4 Å². The lowest BCUT2D eigenvalue weighted by Crippen LogP contribution is -2.57. The summed E-state index contributed by atoms with van der Waals surface area (Å²) in [5.41, 5.74) is -0.187. The van der Waals surface area contributed by atoms with E-state index in [9.17, 15) is 5.11 Å². The molecule has 2 N–H and O–H groups in total. The third-order valence-corrected chi connectivity index (χ3v) is 3.46. The highest BCUT2D eigenvalue weighted by molar-refractivity contribution is 4.90. The van der Waals surface area contributed by atoms with Gasteiger partial charge in [0.15, 0.2) is 0 Å². The van der Waals surface area contributed by atoms with Gasteiger partial charge >= 0.3 is 0 Å². The number of aliphatic hydroxyl groups excluding tert-OH is 1. The van der Waals surface area contributed by atoms with Gasteiger partial charge in [-0.1, -0.05) is 13.8 Å². The topological polar surface area (TPSA) is 35.5 Å². The Hall–Kier alpha value is -0.120. The van der Waals surface area contributed by atoms with Crippen LogP contribution in [0.3, 0.4) is 0 Å². The molecule has 17 heavy (non-hydrogen) atoms. The van der Waals surface area contributed by atoms with Crippen LogP contribution < -0.4 is 5.32 Å². The fraction of sp³-hybridized carbons (Fsp3) is 1.00. The lowest BCUT2D eigenvalue weighted by atomic mass is 10.0. The van der Waals surface area contributed by atoms with Crippen molar-refractivity contribution in [3.8, 4) is 0 Å². The second-order valence-corrected chi connectivity index (χ2v) is 6.48. The summed E-state index contributed by atoms with van der Waals surface area (Å²) in [5.74, 6) is 0.902. The van der Waals surface area contributed by atoms with Crippen LogP contribution >= 0.6 is 0 Å². The Morgan fingerprint density at radius 3 is 2.24 bits per heavy atom. The van der Waals surface area contributed by atoms with Crippen molar-refractivity contribution in [1.29, 1.82) is 0 Å². The van der Waals surface area contributed by atoms with Crippen LogP contribution in [-0.4, -0.2) is 47.3 Å². The Kier molecular flexibility index (Phi) is 5.42. The highest BCUT2D eigenvalue weighted by Crippen LogP contribution is 2.30. The first-order valence-corrected chi connectivity index (χ1v) is 6.99. The largest absolute Gasteiger partial charge is 0.394 e. The van der Waals surface area contributed by atoms with Gasteiger partial charge in [0.05, 0.1) is 12.1 Å². The van der Waals surface area contributed by atoms with E-state index in [4.69, 9.17) is 0 Å². The van der Waals surface area contributed by atoms with Gasteiger partial charge in [0, 0.05) is 25.2 Å². The fourth-order valence-electron chi connectivity index (χ4n) is 2.38. The van der Waals surface area contributed by atoms with Crippen LogP contribution in [0, 0.1) is 5.92 Å². The van der Waals surface area contributed by atoms with Crippen LogP contribution in [0.5, 0.6) is 0 Å². The predicted octanol–water partition coefficient (Wildman–Crippen LogP) is 1.86. The van der Waals surface area contributed by atoms with Crippen LogP contribution in [0.15, 0.2) is 0 Å². The molecule has 102 valence electrons. The first kappa shape index (κ1) is 14.9. The van der Waals surface area contributed by atoms with E-state index in [2.05, 4.69) is 44.8 Å². The molecular weight excluding hydrogens is 212 g/mol. The molecule has 0 aromatic rings. The molecule has 0 saturated heterocycles. The van der Waals surface area contributed by atoms with E-state index in [1.807, 2.05) is 0 Å². The average Bonchev–Trinajstić information content (AvgIpc) is 2.99. The summed E-state index contributed by atoms with van der Waals surface area (Å²) < 4.78 is 0. The SMILES string of the molecule is CC(C)NC(C)(CO)CN(CC1CC1)C(C)C. The molecule has 0 aliphatic heterocycles. The molecule has 3 nitrogen and oxygen atoms in total. The Labute approximate surface area is 107 Å². The van der Waals surface area contributed by atoms with Crippen LogP contribution in [0.4, 0.5) is 0 Å². The predicted molar refractivity (Wildman–Crippen MR) is 73.2 cm³/mol. The van der Waals surface area contributed by atoms with E-state index in [1.165, 1.54) is 19.4 Å². The molecule has 1 aliphatic rings. The minimum Gasteiger partial charge on any atom is -0.394 e. The number of rotatable bonds is 8. The van der Waals surface area contributed by atoms with E-state index in [0.717, 1.165) is 12.5 Å². The molecule has 1 atom stereocenters. The first-order chi connectivity index (χ1) is 7.86. The summed E-state index contributed by atoms with van der Waals surface area (Å²) in [7, 11) is 0. The minimum atomic E-state index is -0.187. The summed E-state index contributed by atoms with van der Waals surface area (Å²) >= 11 is 0. The number of hydrogen-bond acceptors (Lipinski definition) is 3. The van der Waals surface area contributed by atoms with E-state index in [1.54, 1.807) is 0 Å². The molecule has 1 saturated carbocycles. The summed E-state index contributed by atoms with van der Waals surface area (Å²) in [6.45, 7) is 13.2. The number of nitrogens with zero attached hydrogens (tertiary/aromatic N) is 1. The van der Waals surface area contributed by atoms with Gasteiger partial charge in [-0.2, -0.15) is 0 Å². The Morgan fingerprint density at radius 2 is 1.88 bits per heavy atom. The van der Waals surface area contributed by atoms with E-state index in [0.29, 0.717) is 12.1 Å². The third-order valence-electron chi connectivity index (χ3n) is 3.46. The van der Waals surface area contributed by atoms with Crippen LogP contribution in [-0.2, 0) is 0 Å². The zero-order chi connectivity index (χ0) is 13.1. The maximum Gasteiger partial charge on any atom is 0.0623 e. The standard InChI is InChI=1S/C14H30N2O/c1-11(2)15-14(5,10-17)9-16(12(3)4)8-13-6-7-13/h11-13,15,17H,6-10H2,1-5H3. The number of aliphatic hydroxyl groups is 1. The van der Waals surface area contributed by atoms with Crippen molar-refractivity contribution >= 4 is 0 Å². The van der Waals surface area contributed by atoms with Gasteiger partial charge in [-0.05, 0) is 39.5 Å². The van der Waals surface area contributed by atoms with Crippen molar-refractivity contribution in [3.63, 3.8) is 0 Å². The van der Waals surface area contributed by atoms with Gasteiger partial charge in [-0.25, -0.2) is 0 Å². The molecule has 0 heterocycles. The molecule has 0 aromatic carbocycles. The maximum atomic E-state index is 9.63. The summed E-state index contributed by atoms with van der Waals surface area (Å²) in [6, 6.07) is 0.956. The maximum absolute atomic E-state index is 9.63. The molecule has 0 spiro atoms. The molecule has 3 heteroatoms. The van der Waals surface area contributed by atoms with Crippen LogP contribution in [0.1, 0.15) is 47.5 Å². The van der Waals surface area contributed by atoms with Gasteiger partial charge in [0.2, 0.25) is 0 Å². The lowest BCUT2D eigenvalue weighted by molar-refractivity contribution is 0.0941. The summed E-state index contributed by atoms with van der Waals surface area (Å²) in [6.07, 6.45) is 2.77. The molecule has 1 rings (SSSR count). The van der Waals surface area contributed by atoms with Crippen LogP contribution in [0.2, 0.25) is 0 Å². The van der Waals surface area contributed by atoms with Gasteiger partial charge in [0.25, 0.3) is 0 Å². The van der Waals surface area contributed by atoms with E-state index < -0.39 is 0 Å². The van der Waals surface area contributed by atoms with Crippen LogP contribution in [0.25, 0.3) is 0 Å². The van der Waals surface area contributed by atoms with Crippen molar-refractivity contribution in [2.75, 3.05) is 19.7 Å². The van der Waals surface area contributed by atoms with Gasteiger partial charge in [0.1, 0.15) is 0 Å². The zero-order valence-electron chi connectivity index (χ0n) is 12.2. The molecule has 0 radical (unpaired) electrons. The molecule has 0 bridgehead atoms. The normalized spacial score (nSPS) is 20.3. The Morgan fingerprint density at radius 1 is 1.29 bits per heavy atom. The Balaban J connectivity index is 2.54. The molecule has 1 fully saturated rings. The molecular formula is C14H30N2O. The highest BCUT2D eigenvalue weighted by Gasteiger charge is 2.31. The highest BCUT2D eigenvalue weighted by atomic mass is 16.3. The molecule has 1 unspecified atom stereocenters. The smallest absolute Gasteiger partial charge is 0.0623 e. The monoisotopic (exact) mass is 242 g/mol. The molecule has 1 aliphatic carbocycles. The second kappa shape index (κ2) is 6.17. The second-order valence-electron chi connectivity index (χ2n) is 6.48. The fourth-order valence-corrected chi connectivity index (χ4v) is 2.38.